The molecule has 0 saturated carbocycles. The molecule has 29 heavy (non-hydrogen) atoms. The molecule has 0 saturated heterocycles. The number of hydrogen-bond donors (Lipinski definition) is 1. The van der Waals surface area contributed by atoms with E-state index in [2.05, 4.69) is 27.6 Å². The van der Waals surface area contributed by atoms with Crippen LogP contribution in [0.3, 0.4) is 0 Å². The van der Waals surface area contributed by atoms with Crippen LogP contribution in [-0.4, -0.2) is 36.2 Å². The molecule has 1 aliphatic heterocycles. The first-order valence-corrected chi connectivity index (χ1v) is 10.4. The number of amides is 1. The highest BCUT2D eigenvalue weighted by Gasteiger charge is 2.32. The fourth-order valence-electron chi connectivity index (χ4n) is 3.50. The maximum atomic E-state index is 13.7. The summed E-state index contributed by atoms with van der Waals surface area (Å²) < 4.78 is 28.1. The van der Waals surface area contributed by atoms with Gasteiger partial charge in [-0.1, -0.05) is 17.7 Å². The highest BCUT2D eigenvalue weighted by atomic mass is 127. The molecule has 0 radical (unpaired) electrons. The highest BCUT2D eigenvalue weighted by Crippen LogP contribution is 2.29. The summed E-state index contributed by atoms with van der Waals surface area (Å²) in [7, 11) is 1.55. The standard InChI is InChI=1S/C21H19ClF2IN3O/c1-11-19(26)15(20(27-2)12-8-13(23)10-14(24)9-12)6-7-28(11)21(29)18-16(22)4-3-5-17(18)25/h3-5,8-11H,6-7,26H2,1-2H3/t11-/m0/s1. The summed E-state index contributed by atoms with van der Waals surface area (Å²) >= 11 is 8.33. The number of benzene rings is 2. The van der Waals surface area contributed by atoms with Gasteiger partial charge < -0.3 is 10.6 Å². The maximum Gasteiger partial charge on any atom is 0.257 e. The van der Waals surface area contributed by atoms with Crippen molar-refractivity contribution in [2.24, 2.45) is 10.7 Å². The normalized spacial score (nSPS) is 17.7. The van der Waals surface area contributed by atoms with E-state index in [-0.39, 0.29) is 5.91 Å². The van der Waals surface area contributed by atoms with Crippen LogP contribution in [0.2, 0.25) is 5.02 Å². The van der Waals surface area contributed by atoms with Crippen molar-refractivity contribution in [2.75, 3.05) is 13.6 Å². The summed E-state index contributed by atoms with van der Waals surface area (Å²) in [5.74, 6) is -1.58. The Kier molecular flexibility index (Phi) is 6.58. The zero-order valence-electron chi connectivity index (χ0n) is 15.8. The van der Waals surface area contributed by atoms with Crippen LogP contribution in [0.4, 0.5) is 8.78 Å². The minimum Gasteiger partial charge on any atom is -0.400 e. The second kappa shape index (κ2) is 8.79. The Morgan fingerprint density at radius 1 is 1.28 bits per heavy atom. The topological polar surface area (TPSA) is 58.7 Å². The second-order valence-electron chi connectivity index (χ2n) is 6.69. The average Bonchev–Trinajstić information content (AvgIpc) is 2.65. The summed E-state index contributed by atoms with van der Waals surface area (Å²) in [5, 5.41) is 0.383. The minimum absolute atomic E-state index is 0.207. The molecule has 1 amide bonds. The van der Waals surface area contributed by atoms with Gasteiger partial charge in [-0.05, 0) is 60.2 Å². The fraction of sp³-hybridized carbons (Fsp3) is 0.238. The van der Waals surface area contributed by atoms with Crippen LogP contribution in [0.1, 0.15) is 29.3 Å². The van der Waals surface area contributed by atoms with E-state index in [9.17, 15) is 13.6 Å². The van der Waals surface area contributed by atoms with Gasteiger partial charge in [0.2, 0.25) is 0 Å². The summed E-state index contributed by atoms with van der Waals surface area (Å²) in [5.41, 5.74) is 8.68. The summed E-state index contributed by atoms with van der Waals surface area (Å²) in [6.45, 7) is 2.20. The Balaban J connectivity index is 1.97. The van der Waals surface area contributed by atoms with Crippen LogP contribution < -0.4 is 5.73 Å². The number of halogens is 4. The lowest BCUT2D eigenvalue weighted by atomic mass is 9.91. The van der Waals surface area contributed by atoms with E-state index in [1.165, 1.54) is 12.1 Å². The minimum atomic E-state index is -0.686. The molecule has 1 heterocycles. The predicted molar refractivity (Wildman–Crippen MR) is 119 cm³/mol. The molecule has 152 valence electrons. The van der Waals surface area contributed by atoms with Gasteiger partial charge in [0.1, 0.15) is 11.6 Å². The molecular weight excluding hydrogens is 511 g/mol. The molecular formula is C21H19ClF2IN3O. The largest absolute Gasteiger partial charge is 0.400 e. The van der Waals surface area contributed by atoms with E-state index in [1.54, 1.807) is 24.1 Å². The summed E-state index contributed by atoms with van der Waals surface area (Å²) in [6.07, 6.45) is 0.410. The van der Waals surface area contributed by atoms with Gasteiger partial charge in [0.25, 0.3) is 5.91 Å². The van der Waals surface area contributed by atoms with E-state index in [4.69, 9.17) is 17.3 Å². The van der Waals surface area contributed by atoms with Gasteiger partial charge >= 0.3 is 0 Å². The monoisotopic (exact) mass is 529 g/mol. The molecule has 1 atom stereocenters. The van der Waals surface area contributed by atoms with Crippen molar-refractivity contribution in [3.63, 3.8) is 0 Å². The van der Waals surface area contributed by atoms with E-state index in [0.29, 0.717) is 46.1 Å². The number of nitrogens with two attached hydrogens (primary N) is 1. The second-order valence-corrected chi connectivity index (χ2v) is 8.25. The number of hydrogen-bond acceptors (Lipinski definition) is 3. The Morgan fingerprint density at radius 2 is 1.93 bits per heavy atom. The smallest absolute Gasteiger partial charge is 0.257 e. The Bertz CT molecular complexity index is 998. The molecule has 4 nitrogen and oxygen atoms in total. The van der Waals surface area contributed by atoms with Crippen LogP contribution in [-0.2, 0) is 0 Å². The summed E-state index contributed by atoms with van der Waals surface area (Å²) in [4.78, 5) is 19.0. The number of nitrogens with zero attached hydrogens (tertiary/aromatic N) is 2. The van der Waals surface area contributed by atoms with E-state index in [0.717, 1.165) is 9.64 Å². The highest BCUT2D eigenvalue weighted by molar-refractivity contribution is 14.1. The molecule has 1 aliphatic rings. The molecule has 2 N–H and O–H groups in total. The summed E-state index contributed by atoms with van der Waals surface area (Å²) in [6, 6.07) is 8.11. The molecule has 0 spiro atoms. The third-order valence-electron chi connectivity index (χ3n) is 4.95. The molecule has 3 rings (SSSR count). The van der Waals surface area contributed by atoms with Gasteiger partial charge in [-0.2, -0.15) is 0 Å². The van der Waals surface area contributed by atoms with E-state index >= 15 is 0 Å². The number of carbonyl (C=O) groups excluding carboxylic acids is 1. The van der Waals surface area contributed by atoms with Crippen LogP contribution in [0.15, 0.2) is 52.7 Å². The lowest BCUT2D eigenvalue weighted by Crippen LogP contribution is -2.46. The van der Waals surface area contributed by atoms with Gasteiger partial charge in [0.15, 0.2) is 0 Å². The van der Waals surface area contributed by atoms with Gasteiger partial charge in [-0.15, -0.1) is 0 Å². The van der Waals surface area contributed by atoms with Crippen molar-refractivity contribution < 1.29 is 13.6 Å². The first-order valence-electron chi connectivity index (χ1n) is 8.91. The van der Waals surface area contributed by atoms with Gasteiger partial charge in [0.05, 0.1) is 22.3 Å². The molecule has 2 aromatic carbocycles. The van der Waals surface area contributed by atoms with Gasteiger partial charge in [0, 0.05) is 40.1 Å². The van der Waals surface area contributed by atoms with E-state index < -0.39 is 17.7 Å². The van der Waals surface area contributed by atoms with Crippen LogP contribution in [0, 0.1) is 15.2 Å². The van der Waals surface area contributed by atoms with Crippen molar-refractivity contribution >= 4 is 45.8 Å². The molecule has 0 unspecified atom stereocenters. The molecule has 8 heteroatoms. The quantitative estimate of drug-likeness (QED) is 0.459. The number of rotatable bonds is 3. The zero-order chi connectivity index (χ0) is 21.3. The number of carbonyl (C=O) groups is 1. The van der Waals surface area contributed by atoms with Crippen molar-refractivity contribution in [3.8, 4) is 0 Å². The third-order valence-corrected chi connectivity index (χ3v) is 6.17. The first kappa shape index (κ1) is 21.7. The lowest BCUT2D eigenvalue weighted by molar-refractivity contribution is 0.0706. The molecule has 2 aromatic rings. The number of aliphatic imine (C=N–C) groups is 1. The third kappa shape index (κ3) is 4.30. The van der Waals surface area contributed by atoms with Crippen molar-refractivity contribution in [1.82, 2.24) is 4.90 Å². The molecule has 0 fully saturated rings. The Labute approximate surface area is 186 Å². The Hall–Kier alpha value is -2.00. The van der Waals surface area contributed by atoms with Crippen LogP contribution in [0.25, 0.3) is 0 Å². The Morgan fingerprint density at radius 3 is 2.52 bits per heavy atom. The maximum absolute atomic E-state index is 13.7. The zero-order valence-corrected chi connectivity index (χ0v) is 18.8. The first-order chi connectivity index (χ1) is 13.7. The van der Waals surface area contributed by atoms with Crippen molar-refractivity contribution in [1.29, 1.82) is 0 Å². The van der Waals surface area contributed by atoms with Crippen molar-refractivity contribution in [2.45, 2.75) is 19.4 Å². The van der Waals surface area contributed by atoms with Crippen LogP contribution in [0.5, 0.6) is 0 Å². The SMILES string of the molecule is CN=C(C1=C(N)[C@H](C)N(C(=O)c2c(Cl)cccc2I)CC1)c1cc(F)cc(F)c1. The average molecular weight is 530 g/mol. The fourth-order valence-corrected chi connectivity index (χ4v) is 4.64. The molecule has 0 bridgehead atoms. The van der Waals surface area contributed by atoms with Crippen molar-refractivity contribution in [3.05, 3.63) is 79.0 Å². The van der Waals surface area contributed by atoms with E-state index in [1.807, 2.05) is 13.0 Å². The molecule has 0 aromatic heterocycles. The van der Waals surface area contributed by atoms with Gasteiger partial charge in [-0.25, -0.2) is 8.78 Å². The predicted octanol–water partition coefficient (Wildman–Crippen LogP) is 4.79. The van der Waals surface area contributed by atoms with Crippen LogP contribution >= 0.6 is 34.2 Å². The lowest BCUT2D eigenvalue weighted by Gasteiger charge is -2.36. The molecule has 0 aliphatic carbocycles. The van der Waals surface area contributed by atoms with Gasteiger partial charge in [-0.3, -0.25) is 9.79 Å².